The molecule has 3 aromatic heterocycles. The summed E-state index contributed by atoms with van der Waals surface area (Å²) in [7, 11) is 3.51. The number of halogens is 1. The fourth-order valence-corrected chi connectivity index (χ4v) is 6.97. The second-order valence-corrected chi connectivity index (χ2v) is 14.4. The lowest BCUT2D eigenvalue weighted by atomic mass is 9.93. The molecule has 15 nitrogen and oxygen atoms in total. The predicted octanol–water partition coefficient (Wildman–Crippen LogP) is 3.34. The van der Waals surface area contributed by atoms with E-state index in [2.05, 4.69) is 20.7 Å². The third kappa shape index (κ3) is 6.42. The molecule has 16 heteroatoms. The molecule has 7 rings (SSSR count). The van der Waals surface area contributed by atoms with Gasteiger partial charge in [-0.15, -0.1) is 0 Å². The summed E-state index contributed by atoms with van der Waals surface area (Å²) in [5.41, 5.74) is 3.08. The number of piperazine rings is 1. The summed E-state index contributed by atoms with van der Waals surface area (Å²) in [5.74, 6) is -0.612. The van der Waals surface area contributed by atoms with E-state index >= 15 is 0 Å². The normalized spacial score (nSPS) is 18.6. The number of aliphatic hydroxyl groups is 1. The van der Waals surface area contributed by atoms with Gasteiger partial charge in [0.1, 0.15) is 11.6 Å². The first-order valence-electron chi connectivity index (χ1n) is 16.8. The maximum Gasteiger partial charge on any atom is 0.328 e. The number of imidazole rings is 1. The molecule has 5 aromatic rings. The molecule has 2 atom stereocenters. The van der Waals surface area contributed by atoms with Gasteiger partial charge in [0.15, 0.2) is 5.82 Å². The molecule has 2 unspecified atom stereocenters. The van der Waals surface area contributed by atoms with Crippen molar-refractivity contribution in [2.24, 2.45) is 14.1 Å². The zero-order chi connectivity index (χ0) is 36.4. The van der Waals surface area contributed by atoms with Crippen LogP contribution >= 0.6 is 11.6 Å². The number of aryl methyl sites for hydroxylation is 3. The lowest BCUT2D eigenvalue weighted by molar-refractivity contribution is -0.134. The summed E-state index contributed by atoms with van der Waals surface area (Å²) in [6.07, 6.45) is 2.55. The largest absolute Gasteiger partial charge is 0.390 e. The molecular weight excluding hydrogens is 676 g/mol. The van der Waals surface area contributed by atoms with E-state index in [9.17, 15) is 24.3 Å². The SMILES string of the molecule is CC1CN(c2ccc3c(C4CCC(=O)NC4=O)nn(C)c3c2)C(=O)CN1c1ncc(Cl)c(Nc2ccc3c(c2)n(CCC(C)(C)O)c(=O)n3C)n1. The molecule has 0 saturated carbocycles. The summed E-state index contributed by atoms with van der Waals surface area (Å²) < 4.78 is 4.91. The van der Waals surface area contributed by atoms with Gasteiger partial charge in [-0.2, -0.15) is 10.1 Å². The Labute approximate surface area is 297 Å². The molecular formula is C35H39ClN10O5. The summed E-state index contributed by atoms with van der Waals surface area (Å²) >= 11 is 6.55. The Kier molecular flexibility index (Phi) is 8.58. The molecule has 5 heterocycles. The number of carbonyl (C=O) groups excluding carboxylic acids is 3. The maximum atomic E-state index is 13.6. The van der Waals surface area contributed by atoms with Crippen molar-refractivity contribution < 1.29 is 19.5 Å². The first kappa shape index (κ1) is 34.2. The maximum absolute atomic E-state index is 13.6. The number of fused-ring (bicyclic) bond motifs is 2. The Morgan fingerprint density at radius 1 is 1.06 bits per heavy atom. The Balaban J connectivity index is 1.10. The van der Waals surface area contributed by atoms with Crippen molar-refractivity contribution in [3.05, 3.63) is 63.8 Å². The van der Waals surface area contributed by atoms with E-state index in [-0.39, 0.29) is 47.4 Å². The molecule has 2 aliphatic rings. The van der Waals surface area contributed by atoms with Crippen LogP contribution in [0.5, 0.6) is 0 Å². The van der Waals surface area contributed by atoms with E-state index in [4.69, 9.17) is 16.6 Å². The summed E-state index contributed by atoms with van der Waals surface area (Å²) in [4.78, 5) is 63.6. The number of piperidine rings is 1. The number of aromatic nitrogens is 6. The first-order valence-corrected chi connectivity index (χ1v) is 17.1. The quantitative estimate of drug-likeness (QED) is 0.203. The highest BCUT2D eigenvalue weighted by molar-refractivity contribution is 6.33. The Bertz CT molecular complexity index is 2290. The number of amides is 3. The van der Waals surface area contributed by atoms with E-state index in [1.807, 2.05) is 48.2 Å². The molecule has 0 spiro atoms. The van der Waals surface area contributed by atoms with Crippen LogP contribution in [0.1, 0.15) is 51.6 Å². The van der Waals surface area contributed by atoms with E-state index < -0.39 is 11.5 Å². The number of nitrogens with zero attached hydrogens (tertiary/aromatic N) is 8. The molecule has 0 bridgehead atoms. The standard InChI is InChI=1S/C35H39ClN10O5/c1-19-17-46(21-7-8-22-26(15-21)43(5)41-30(22)23-9-11-28(47)39-32(23)49)29(48)18-45(19)33-37-16-24(36)31(40-33)38-20-6-10-25-27(14-20)44(34(50)42(25)4)13-12-35(2,3)51/h6-8,10,14-16,19,23,51H,9,11-13,17-18H2,1-5H3,(H,37,38,40)(H,39,47,49). The number of hydrogen-bond acceptors (Lipinski definition) is 10. The van der Waals surface area contributed by atoms with Crippen LogP contribution in [0.2, 0.25) is 5.02 Å². The van der Waals surface area contributed by atoms with Crippen molar-refractivity contribution in [2.75, 3.05) is 28.2 Å². The average Bonchev–Trinajstić information content (AvgIpc) is 3.52. The number of anilines is 4. The lowest BCUT2D eigenvalue weighted by Gasteiger charge is -2.39. The van der Waals surface area contributed by atoms with Crippen LogP contribution < -0.4 is 26.1 Å². The van der Waals surface area contributed by atoms with Crippen LogP contribution in [-0.2, 0) is 35.0 Å². The molecule has 0 radical (unpaired) electrons. The van der Waals surface area contributed by atoms with Crippen molar-refractivity contribution in [3.63, 3.8) is 0 Å². The number of hydrogen-bond donors (Lipinski definition) is 3. The van der Waals surface area contributed by atoms with Crippen LogP contribution in [0, 0.1) is 0 Å². The highest BCUT2D eigenvalue weighted by Crippen LogP contribution is 2.34. The first-order chi connectivity index (χ1) is 24.2. The zero-order valence-corrected chi connectivity index (χ0v) is 29.7. The second kappa shape index (κ2) is 12.8. The van der Waals surface area contributed by atoms with Gasteiger partial charge >= 0.3 is 5.69 Å². The third-order valence-corrected chi connectivity index (χ3v) is 9.95. The molecule has 0 aliphatic carbocycles. The molecule has 3 amide bonds. The highest BCUT2D eigenvalue weighted by Gasteiger charge is 2.34. The van der Waals surface area contributed by atoms with E-state index in [1.54, 1.807) is 46.7 Å². The minimum atomic E-state index is -0.928. The molecule has 3 N–H and O–H groups in total. The van der Waals surface area contributed by atoms with Crippen LogP contribution in [0.25, 0.3) is 21.9 Å². The molecule has 2 saturated heterocycles. The zero-order valence-electron chi connectivity index (χ0n) is 29.0. The topological polar surface area (TPSA) is 173 Å². The molecule has 2 fully saturated rings. The van der Waals surface area contributed by atoms with Crippen molar-refractivity contribution in [2.45, 2.75) is 64.1 Å². The number of carbonyl (C=O) groups is 3. The van der Waals surface area contributed by atoms with Gasteiger partial charge < -0.3 is 20.2 Å². The molecule has 266 valence electrons. The van der Waals surface area contributed by atoms with E-state index in [0.717, 1.165) is 16.4 Å². The average molecular weight is 715 g/mol. The predicted molar refractivity (Wildman–Crippen MR) is 193 cm³/mol. The second-order valence-electron chi connectivity index (χ2n) is 13.9. The fraction of sp³-hybridized carbons (Fsp3) is 0.400. The van der Waals surface area contributed by atoms with Crippen molar-refractivity contribution in [3.8, 4) is 0 Å². The van der Waals surface area contributed by atoms with Crippen molar-refractivity contribution in [1.82, 2.24) is 34.2 Å². The molecule has 51 heavy (non-hydrogen) atoms. The van der Waals surface area contributed by atoms with E-state index in [1.165, 1.54) is 6.20 Å². The number of imide groups is 1. The smallest absolute Gasteiger partial charge is 0.328 e. The Hall–Kier alpha value is -5.28. The summed E-state index contributed by atoms with van der Waals surface area (Å²) in [6.45, 7) is 6.15. The fourth-order valence-electron chi connectivity index (χ4n) is 6.83. The van der Waals surface area contributed by atoms with Crippen LogP contribution in [0.4, 0.5) is 23.1 Å². The third-order valence-electron chi connectivity index (χ3n) is 9.67. The van der Waals surface area contributed by atoms with Gasteiger partial charge in [0.25, 0.3) is 0 Å². The van der Waals surface area contributed by atoms with Gasteiger partial charge in [0, 0.05) is 56.4 Å². The Morgan fingerprint density at radius 2 is 1.84 bits per heavy atom. The van der Waals surface area contributed by atoms with Crippen molar-refractivity contribution >= 4 is 74.4 Å². The summed E-state index contributed by atoms with van der Waals surface area (Å²) in [5, 5.41) is 21.6. The number of rotatable bonds is 8. The van der Waals surface area contributed by atoms with Gasteiger partial charge in [0.05, 0.1) is 40.0 Å². The van der Waals surface area contributed by atoms with Crippen LogP contribution in [-0.4, -0.2) is 76.4 Å². The van der Waals surface area contributed by atoms with Crippen LogP contribution in [0.3, 0.4) is 0 Å². The Morgan fingerprint density at radius 3 is 2.59 bits per heavy atom. The lowest BCUT2D eigenvalue weighted by Crippen LogP contribution is -2.56. The van der Waals surface area contributed by atoms with E-state index in [0.29, 0.717) is 60.3 Å². The highest BCUT2D eigenvalue weighted by atomic mass is 35.5. The number of nitrogens with one attached hydrogen (secondary N) is 2. The summed E-state index contributed by atoms with van der Waals surface area (Å²) in [6, 6.07) is 11.0. The van der Waals surface area contributed by atoms with Crippen molar-refractivity contribution in [1.29, 1.82) is 0 Å². The minimum absolute atomic E-state index is 0.0244. The van der Waals surface area contributed by atoms with Gasteiger partial charge in [-0.1, -0.05) is 11.6 Å². The van der Waals surface area contributed by atoms with Gasteiger partial charge in [-0.05, 0) is 70.0 Å². The van der Waals surface area contributed by atoms with Gasteiger partial charge in [-0.25, -0.2) is 9.78 Å². The van der Waals surface area contributed by atoms with Gasteiger partial charge in [0.2, 0.25) is 23.7 Å². The molecule has 2 aromatic carbocycles. The monoisotopic (exact) mass is 714 g/mol. The molecule has 2 aliphatic heterocycles. The number of benzene rings is 2. The minimum Gasteiger partial charge on any atom is -0.390 e. The van der Waals surface area contributed by atoms with Crippen LogP contribution in [0.15, 0.2) is 47.4 Å². The van der Waals surface area contributed by atoms with Gasteiger partial charge in [-0.3, -0.25) is 33.5 Å².